The van der Waals surface area contributed by atoms with Crippen molar-refractivity contribution in [3.63, 3.8) is 0 Å². The second-order valence-electron chi connectivity index (χ2n) is 5.49. The molecular weight excluding hydrogens is 242 g/mol. The molecule has 0 unspecified atom stereocenters. The SMILES string of the molecule is C=CCCCCN(C)C(=O)[C@@H]1C[C@@H](O)C[C@H]1C(C)=O. The quantitative estimate of drug-likeness (QED) is 0.565. The summed E-state index contributed by atoms with van der Waals surface area (Å²) in [4.78, 5) is 25.5. The van der Waals surface area contributed by atoms with Gasteiger partial charge in [-0.2, -0.15) is 0 Å². The highest BCUT2D eigenvalue weighted by atomic mass is 16.3. The summed E-state index contributed by atoms with van der Waals surface area (Å²) < 4.78 is 0. The molecule has 1 N–H and O–H groups in total. The van der Waals surface area contributed by atoms with Gasteiger partial charge in [-0.05, 0) is 39.0 Å². The Labute approximate surface area is 115 Å². The van der Waals surface area contributed by atoms with Crippen molar-refractivity contribution >= 4 is 11.7 Å². The van der Waals surface area contributed by atoms with Crippen molar-refractivity contribution in [3.8, 4) is 0 Å². The monoisotopic (exact) mass is 267 g/mol. The lowest BCUT2D eigenvalue weighted by Gasteiger charge is -2.23. The number of hydrogen-bond donors (Lipinski definition) is 1. The molecule has 4 heteroatoms. The number of aliphatic hydroxyl groups is 1. The molecule has 1 aliphatic rings. The molecule has 0 spiro atoms. The smallest absolute Gasteiger partial charge is 0.226 e. The molecule has 1 rings (SSSR count). The minimum atomic E-state index is -0.517. The molecular formula is C15H25NO3. The molecule has 1 amide bonds. The maximum atomic E-state index is 12.3. The van der Waals surface area contributed by atoms with Crippen molar-refractivity contribution in [2.45, 2.75) is 45.1 Å². The number of rotatable bonds is 7. The summed E-state index contributed by atoms with van der Waals surface area (Å²) >= 11 is 0. The highest BCUT2D eigenvalue weighted by Gasteiger charge is 2.41. The number of allylic oxidation sites excluding steroid dienone is 1. The Balaban J connectivity index is 2.50. The standard InChI is InChI=1S/C15H25NO3/c1-4-5-6-7-8-16(3)15(19)14-10-12(18)9-13(14)11(2)17/h4,12-14,18H,1,5-10H2,2-3H3/t12-,13-,14+/m0/s1. The van der Waals surface area contributed by atoms with Crippen molar-refractivity contribution in [2.24, 2.45) is 11.8 Å². The van der Waals surface area contributed by atoms with E-state index in [1.165, 1.54) is 6.92 Å². The molecule has 4 nitrogen and oxygen atoms in total. The summed E-state index contributed by atoms with van der Waals surface area (Å²) in [5.41, 5.74) is 0. The Morgan fingerprint density at radius 1 is 1.32 bits per heavy atom. The molecule has 0 aromatic carbocycles. The largest absolute Gasteiger partial charge is 0.393 e. The molecule has 0 saturated heterocycles. The fraction of sp³-hybridized carbons (Fsp3) is 0.733. The number of unbranched alkanes of at least 4 members (excludes halogenated alkanes) is 2. The first kappa shape index (κ1) is 15.9. The third-order valence-corrected chi connectivity index (χ3v) is 3.91. The molecule has 0 aromatic heterocycles. The maximum absolute atomic E-state index is 12.3. The van der Waals surface area contributed by atoms with Crippen molar-refractivity contribution in [1.29, 1.82) is 0 Å². The average molecular weight is 267 g/mol. The van der Waals surface area contributed by atoms with Crippen LogP contribution in [0.3, 0.4) is 0 Å². The zero-order valence-electron chi connectivity index (χ0n) is 12.0. The highest BCUT2D eigenvalue weighted by molar-refractivity contribution is 5.88. The van der Waals surface area contributed by atoms with E-state index in [1.54, 1.807) is 11.9 Å². The van der Waals surface area contributed by atoms with Crippen LogP contribution in [-0.2, 0) is 9.59 Å². The van der Waals surface area contributed by atoms with E-state index in [9.17, 15) is 14.7 Å². The van der Waals surface area contributed by atoms with Gasteiger partial charge in [0, 0.05) is 19.5 Å². The molecule has 0 bridgehead atoms. The molecule has 1 fully saturated rings. The normalized spacial score (nSPS) is 26.2. The van der Waals surface area contributed by atoms with Gasteiger partial charge in [0.05, 0.1) is 12.0 Å². The molecule has 0 heterocycles. The third kappa shape index (κ3) is 4.46. The van der Waals surface area contributed by atoms with Crippen LogP contribution in [0.1, 0.15) is 39.0 Å². The summed E-state index contributed by atoms with van der Waals surface area (Å²) in [7, 11) is 1.78. The van der Waals surface area contributed by atoms with Gasteiger partial charge in [0.15, 0.2) is 0 Å². The van der Waals surface area contributed by atoms with Crippen LogP contribution < -0.4 is 0 Å². The molecule has 108 valence electrons. The molecule has 0 radical (unpaired) electrons. The summed E-state index contributed by atoms with van der Waals surface area (Å²) in [5.74, 6) is -0.639. The third-order valence-electron chi connectivity index (χ3n) is 3.91. The Morgan fingerprint density at radius 3 is 2.53 bits per heavy atom. The number of carbonyl (C=O) groups excluding carboxylic acids is 2. The Morgan fingerprint density at radius 2 is 1.95 bits per heavy atom. The van der Waals surface area contributed by atoms with Crippen LogP contribution >= 0.6 is 0 Å². The van der Waals surface area contributed by atoms with E-state index in [2.05, 4.69) is 6.58 Å². The zero-order valence-corrected chi connectivity index (χ0v) is 12.0. The molecule has 0 aliphatic heterocycles. The summed E-state index contributed by atoms with van der Waals surface area (Å²) in [6.07, 6.45) is 5.12. The fourth-order valence-electron chi connectivity index (χ4n) is 2.76. The van der Waals surface area contributed by atoms with Crippen LogP contribution in [0.4, 0.5) is 0 Å². The molecule has 3 atom stereocenters. The molecule has 0 aromatic rings. The number of nitrogens with zero attached hydrogens (tertiary/aromatic N) is 1. The van der Waals surface area contributed by atoms with Gasteiger partial charge in [0.25, 0.3) is 0 Å². The molecule has 1 aliphatic carbocycles. The number of hydrogen-bond acceptors (Lipinski definition) is 3. The maximum Gasteiger partial charge on any atom is 0.226 e. The van der Waals surface area contributed by atoms with E-state index in [0.717, 1.165) is 19.3 Å². The lowest BCUT2D eigenvalue weighted by molar-refractivity contribution is -0.138. The predicted octanol–water partition coefficient (Wildman–Crippen LogP) is 1.78. The van der Waals surface area contributed by atoms with Gasteiger partial charge in [-0.1, -0.05) is 6.08 Å². The second kappa shape index (κ2) is 7.43. The first-order valence-corrected chi connectivity index (χ1v) is 7.01. The van der Waals surface area contributed by atoms with Crippen molar-refractivity contribution in [3.05, 3.63) is 12.7 Å². The predicted molar refractivity (Wildman–Crippen MR) is 74.6 cm³/mol. The number of aliphatic hydroxyl groups excluding tert-OH is 1. The number of Topliss-reactive ketones (excluding diaryl/α,β-unsaturated/α-hetero) is 1. The fourth-order valence-corrected chi connectivity index (χ4v) is 2.76. The van der Waals surface area contributed by atoms with Gasteiger partial charge in [-0.3, -0.25) is 9.59 Å². The van der Waals surface area contributed by atoms with Crippen LogP contribution in [0.15, 0.2) is 12.7 Å². The minimum Gasteiger partial charge on any atom is -0.393 e. The van der Waals surface area contributed by atoms with Gasteiger partial charge >= 0.3 is 0 Å². The van der Waals surface area contributed by atoms with E-state index in [1.807, 2.05) is 6.08 Å². The van der Waals surface area contributed by atoms with Crippen molar-refractivity contribution < 1.29 is 14.7 Å². The topological polar surface area (TPSA) is 57.6 Å². The zero-order chi connectivity index (χ0) is 14.4. The number of ketones is 1. The van der Waals surface area contributed by atoms with Crippen molar-refractivity contribution in [2.75, 3.05) is 13.6 Å². The van der Waals surface area contributed by atoms with Crippen LogP contribution in [0.25, 0.3) is 0 Å². The van der Waals surface area contributed by atoms with Crippen LogP contribution in [0.5, 0.6) is 0 Å². The van der Waals surface area contributed by atoms with Gasteiger partial charge in [-0.25, -0.2) is 0 Å². The average Bonchev–Trinajstić information content (AvgIpc) is 2.75. The highest BCUT2D eigenvalue weighted by Crippen LogP contribution is 2.34. The Hall–Kier alpha value is -1.16. The van der Waals surface area contributed by atoms with E-state index in [0.29, 0.717) is 19.4 Å². The Bertz CT molecular complexity index is 340. The Kier molecular flexibility index (Phi) is 6.22. The van der Waals surface area contributed by atoms with E-state index >= 15 is 0 Å². The number of amides is 1. The van der Waals surface area contributed by atoms with E-state index in [4.69, 9.17) is 0 Å². The molecule has 19 heavy (non-hydrogen) atoms. The first-order valence-electron chi connectivity index (χ1n) is 7.01. The summed E-state index contributed by atoms with van der Waals surface area (Å²) in [5, 5.41) is 9.66. The number of carbonyl (C=O) groups is 2. The van der Waals surface area contributed by atoms with Crippen LogP contribution in [-0.4, -0.2) is 41.4 Å². The van der Waals surface area contributed by atoms with Crippen LogP contribution in [0, 0.1) is 11.8 Å². The lowest BCUT2D eigenvalue weighted by Crippen LogP contribution is -2.37. The minimum absolute atomic E-state index is 0.00430. The first-order chi connectivity index (χ1) is 8.97. The molecule has 1 saturated carbocycles. The lowest BCUT2D eigenvalue weighted by atomic mass is 9.91. The second-order valence-corrected chi connectivity index (χ2v) is 5.49. The van der Waals surface area contributed by atoms with Gasteiger partial charge < -0.3 is 10.0 Å². The van der Waals surface area contributed by atoms with Gasteiger partial charge in [0.2, 0.25) is 5.91 Å². The van der Waals surface area contributed by atoms with E-state index in [-0.39, 0.29) is 23.5 Å². The van der Waals surface area contributed by atoms with Gasteiger partial charge in [-0.15, -0.1) is 6.58 Å². The van der Waals surface area contributed by atoms with Crippen molar-refractivity contribution in [1.82, 2.24) is 4.90 Å². The van der Waals surface area contributed by atoms with Gasteiger partial charge in [0.1, 0.15) is 5.78 Å². The van der Waals surface area contributed by atoms with E-state index < -0.39 is 6.10 Å². The van der Waals surface area contributed by atoms with Crippen LogP contribution in [0.2, 0.25) is 0 Å². The summed E-state index contributed by atoms with van der Waals surface area (Å²) in [6.45, 7) is 5.87. The summed E-state index contributed by atoms with van der Waals surface area (Å²) in [6, 6.07) is 0.